The first-order chi connectivity index (χ1) is 14.0. The predicted octanol–water partition coefficient (Wildman–Crippen LogP) is 1.42. The summed E-state index contributed by atoms with van der Waals surface area (Å²) < 4.78 is 1.91. The van der Waals surface area contributed by atoms with Crippen LogP contribution in [0.4, 0.5) is 5.95 Å². The molecule has 0 saturated carbocycles. The second-order valence-electron chi connectivity index (χ2n) is 8.45. The van der Waals surface area contributed by atoms with E-state index in [1.165, 1.54) is 0 Å². The number of hydrogen-bond acceptors (Lipinski definition) is 6. The summed E-state index contributed by atoms with van der Waals surface area (Å²) in [7, 11) is 0. The normalized spacial score (nSPS) is 21.1. The number of hydrogen-bond donors (Lipinski definition) is 1. The lowest BCUT2D eigenvalue weighted by molar-refractivity contribution is -0.134. The number of rotatable bonds is 5. The van der Waals surface area contributed by atoms with Crippen LogP contribution in [0.2, 0.25) is 0 Å². The summed E-state index contributed by atoms with van der Waals surface area (Å²) in [6.45, 7) is 7.88. The van der Waals surface area contributed by atoms with Gasteiger partial charge in [-0.05, 0) is 44.2 Å². The molecule has 1 amide bonds. The van der Waals surface area contributed by atoms with Crippen LogP contribution in [0.1, 0.15) is 30.7 Å². The van der Waals surface area contributed by atoms with Crippen LogP contribution in [0, 0.1) is 25.2 Å². The molecule has 2 fully saturated rings. The van der Waals surface area contributed by atoms with E-state index in [0.717, 1.165) is 56.4 Å². The van der Waals surface area contributed by atoms with Crippen LogP contribution in [0.3, 0.4) is 0 Å². The van der Waals surface area contributed by atoms with Crippen molar-refractivity contribution in [3.05, 3.63) is 35.9 Å². The Morgan fingerprint density at radius 3 is 2.59 bits per heavy atom. The minimum Gasteiger partial charge on any atom is -0.396 e. The number of piperidine rings is 1. The topological polar surface area (TPSA) is 87.4 Å². The molecule has 8 heteroatoms. The van der Waals surface area contributed by atoms with Gasteiger partial charge in [0, 0.05) is 69.8 Å². The molecule has 0 bridgehead atoms. The maximum absolute atomic E-state index is 12.7. The van der Waals surface area contributed by atoms with E-state index in [4.69, 9.17) is 0 Å². The summed E-state index contributed by atoms with van der Waals surface area (Å²) in [5.41, 5.74) is 2.10. The van der Waals surface area contributed by atoms with Crippen LogP contribution in [0.15, 0.2) is 24.5 Å². The highest BCUT2D eigenvalue weighted by Gasteiger charge is 2.48. The van der Waals surface area contributed by atoms with Crippen molar-refractivity contribution < 1.29 is 9.90 Å². The molecule has 2 saturated heterocycles. The van der Waals surface area contributed by atoms with Gasteiger partial charge in [0.25, 0.3) is 0 Å². The SMILES string of the molecule is Cc1cc(C)n(CCC(=O)N2CCC3(CC2)CN(c2ncccn2)CC3CO)n1. The molecule has 156 valence electrons. The molecule has 0 radical (unpaired) electrons. The van der Waals surface area contributed by atoms with Gasteiger partial charge in [-0.15, -0.1) is 0 Å². The Kier molecular flexibility index (Phi) is 5.54. The summed E-state index contributed by atoms with van der Waals surface area (Å²) in [6, 6.07) is 3.85. The second kappa shape index (κ2) is 8.10. The van der Waals surface area contributed by atoms with Crippen molar-refractivity contribution in [3.63, 3.8) is 0 Å². The molecule has 2 aliphatic rings. The van der Waals surface area contributed by atoms with Gasteiger partial charge in [-0.3, -0.25) is 9.48 Å². The zero-order valence-electron chi connectivity index (χ0n) is 17.3. The fraction of sp³-hybridized carbons (Fsp3) is 0.619. The average Bonchev–Trinajstić information content (AvgIpc) is 3.26. The maximum atomic E-state index is 12.7. The van der Waals surface area contributed by atoms with E-state index in [9.17, 15) is 9.90 Å². The fourth-order valence-electron chi connectivity index (χ4n) is 4.92. The molecule has 0 aliphatic carbocycles. The first-order valence-electron chi connectivity index (χ1n) is 10.4. The molecule has 2 aromatic heterocycles. The zero-order valence-corrected chi connectivity index (χ0v) is 17.3. The number of aliphatic hydroxyl groups is 1. The lowest BCUT2D eigenvalue weighted by Crippen LogP contribution is -2.47. The second-order valence-corrected chi connectivity index (χ2v) is 8.45. The van der Waals surface area contributed by atoms with Crippen molar-refractivity contribution in [2.75, 3.05) is 37.7 Å². The van der Waals surface area contributed by atoms with Gasteiger partial charge in [-0.25, -0.2) is 9.97 Å². The molecular weight excluding hydrogens is 368 g/mol. The van der Waals surface area contributed by atoms with E-state index in [1.807, 2.05) is 35.6 Å². The highest BCUT2D eigenvalue weighted by Crippen LogP contribution is 2.45. The number of likely N-dealkylation sites (tertiary alicyclic amines) is 1. The van der Waals surface area contributed by atoms with E-state index in [-0.39, 0.29) is 23.8 Å². The minimum atomic E-state index is 0.0282. The van der Waals surface area contributed by atoms with Crippen LogP contribution in [-0.2, 0) is 11.3 Å². The maximum Gasteiger partial charge on any atom is 0.225 e. The Bertz CT molecular complexity index is 844. The van der Waals surface area contributed by atoms with Gasteiger partial charge < -0.3 is 14.9 Å². The van der Waals surface area contributed by atoms with E-state index in [2.05, 4.69) is 20.0 Å². The quantitative estimate of drug-likeness (QED) is 0.820. The summed E-state index contributed by atoms with van der Waals surface area (Å²) >= 11 is 0. The number of aromatic nitrogens is 4. The van der Waals surface area contributed by atoms with Crippen LogP contribution < -0.4 is 4.90 Å². The van der Waals surface area contributed by atoms with E-state index < -0.39 is 0 Å². The van der Waals surface area contributed by atoms with Crippen LogP contribution >= 0.6 is 0 Å². The lowest BCUT2D eigenvalue weighted by Gasteiger charge is -2.42. The summed E-state index contributed by atoms with van der Waals surface area (Å²) in [5, 5.41) is 14.4. The molecule has 4 heterocycles. The zero-order chi connectivity index (χ0) is 20.4. The Morgan fingerprint density at radius 2 is 1.97 bits per heavy atom. The molecule has 2 aromatic rings. The van der Waals surface area contributed by atoms with Crippen LogP contribution in [0.25, 0.3) is 0 Å². The Hall–Kier alpha value is -2.48. The Labute approximate surface area is 171 Å². The van der Waals surface area contributed by atoms with Crippen molar-refractivity contribution in [1.82, 2.24) is 24.6 Å². The van der Waals surface area contributed by atoms with Gasteiger partial charge in [0.05, 0.1) is 5.69 Å². The largest absolute Gasteiger partial charge is 0.396 e. The van der Waals surface area contributed by atoms with Crippen molar-refractivity contribution in [1.29, 1.82) is 0 Å². The van der Waals surface area contributed by atoms with E-state index >= 15 is 0 Å². The standard InChI is InChI=1S/C21H30N6O2/c1-16-12-17(2)27(24-16)9-4-19(29)25-10-5-21(6-11-25)15-26(13-18(21)14-28)20-22-7-3-8-23-20/h3,7-8,12,18,28H,4-6,9-11,13-15H2,1-2H3. The first kappa shape index (κ1) is 19.8. The minimum absolute atomic E-state index is 0.0282. The summed E-state index contributed by atoms with van der Waals surface area (Å²) in [4.78, 5) is 25.6. The van der Waals surface area contributed by atoms with Gasteiger partial charge in [-0.1, -0.05) is 0 Å². The average molecular weight is 399 g/mol. The number of carbonyl (C=O) groups excluding carboxylic acids is 1. The third kappa shape index (κ3) is 3.99. The van der Waals surface area contributed by atoms with Gasteiger partial charge in [0.2, 0.25) is 11.9 Å². The third-order valence-corrected chi connectivity index (χ3v) is 6.62. The molecular formula is C21H30N6O2. The third-order valence-electron chi connectivity index (χ3n) is 6.62. The van der Waals surface area contributed by atoms with Crippen LogP contribution in [0.5, 0.6) is 0 Å². The highest BCUT2D eigenvalue weighted by molar-refractivity contribution is 5.76. The van der Waals surface area contributed by atoms with Gasteiger partial charge in [0.1, 0.15) is 0 Å². The summed E-state index contributed by atoms with van der Waals surface area (Å²) in [5.74, 6) is 1.11. The summed E-state index contributed by atoms with van der Waals surface area (Å²) in [6.07, 6.45) is 5.81. The van der Waals surface area contributed by atoms with Crippen molar-refractivity contribution in [3.8, 4) is 0 Å². The number of amides is 1. The monoisotopic (exact) mass is 398 g/mol. The molecule has 1 unspecified atom stereocenters. The number of carbonyl (C=O) groups is 1. The highest BCUT2D eigenvalue weighted by atomic mass is 16.3. The first-order valence-corrected chi connectivity index (χ1v) is 10.4. The van der Waals surface area contributed by atoms with E-state index in [0.29, 0.717) is 13.0 Å². The van der Waals surface area contributed by atoms with Gasteiger partial charge >= 0.3 is 0 Å². The van der Waals surface area contributed by atoms with Crippen molar-refractivity contribution >= 4 is 11.9 Å². The van der Waals surface area contributed by atoms with Crippen molar-refractivity contribution in [2.45, 2.75) is 39.7 Å². The Morgan fingerprint density at radius 1 is 1.24 bits per heavy atom. The number of anilines is 1. The molecule has 4 rings (SSSR count). The molecule has 1 atom stereocenters. The number of nitrogens with zero attached hydrogens (tertiary/aromatic N) is 6. The van der Waals surface area contributed by atoms with Crippen LogP contribution in [-0.4, -0.2) is 68.4 Å². The predicted molar refractivity (Wildman–Crippen MR) is 109 cm³/mol. The smallest absolute Gasteiger partial charge is 0.225 e. The molecule has 1 spiro atoms. The number of aliphatic hydroxyl groups excluding tert-OH is 1. The van der Waals surface area contributed by atoms with E-state index in [1.54, 1.807) is 12.4 Å². The number of aryl methyl sites for hydroxylation is 3. The molecule has 2 aliphatic heterocycles. The molecule has 0 aromatic carbocycles. The molecule has 1 N–H and O–H groups in total. The van der Waals surface area contributed by atoms with Gasteiger partial charge in [0.15, 0.2) is 0 Å². The Balaban J connectivity index is 1.35. The van der Waals surface area contributed by atoms with Crippen molar-refractivity contribution in [2.24, 2.45) is 11.3 Å². The fourth-order valence-corrected chi connectivity index (χ4v) is 4.92. The molecule has 8 nitrogen and oxygen atoms in total. The molecule has 29 heavy (non-hydrogen) atoms. The lowest BCUT2D eigenvalue weighted by atomic mass is 9.71. The van der Waals surface area contributed by atoms with Gasteiger partial charge in [-0.2, -0.15) is 5.10 Å².